The van der Waals surface area contributed by atoms with E-state index in [1.54, 1.807) is 12.5 Å². The van der Waals surface area contributed by atoms with Crippen LogP contribution in [0, 0.1) is 6.92 Å². The predicted octanol–water partition coefficient (Wildman–Crippen LogP) is 2.44. The smallest absolute Gasteiger partial charge is 0.253 e. The lowest BCUT2D eigenvalue weighted by Gasteiger charge is -2.03. The van der Waals surface area contributed by atoms with Crippen LogP contribution in [0.4, 0.5) is 0 Å². The first-order chi connectivity index (χ1) is 9.74. The normalized spacial score (nSPS) is 10.8. The van der Waals surface area contributed by atoms with Crippen molar-refractivity contribution in [1.82, 2.24) is 15.3 Å². The Bertz CT molecular complexity index is 729. The number of amides is 1. The maximum absolute atomic E-state index is 12.2. The summed E-state index contributed by atoms with van der Waals surface area (Å²) >= 11 is 0. The molecule has 0 aliphatic heterocycles. The average Bonchev–Trinajstić information content (AvgIpc) is 3.07. The molecule has 1 amide bonds. The third-order valence-electron chi connectivity index (χ3n) is 3.23. The van der Waals surface area contributed by atoms with Crippen LogP contribution in [0.25, 0.3) is 10.9 Å². The lowest BCUT2D eigenvalue weighted by atomic mass is 10.1. The first kappa shape index (κ1) is 12.5. The molecule has 0 bridgehead atoms. The van der Waals surface area contributed by atoms with Gasteiger partial charge in [-0.3, -0.25) is 4.79 Å². The molecule has 0 aliphatic rings. The highest BCUT2D eigenvalue weighted by Crippen LogP contribution is 2.19. The van der Waals surface area contributed by atoms with Gasteiger partial charge in [0.2, 0.25) is 0 Å². The fourth-order valence-electron chi connectivity index (χ4n) is 2.19. The van der Waals surface area contributed by atoms with E-state index in [1.807, 2.05) is 25.1 Å². The Balaban J connectivity index is 1.69. The quantitative estimate of drug-likeness (QED) is 0.764. The average molecular weight is 269 g/mol. The van der Waals surface area contributed by atoms with E-state index in [4.69, 9.17) is 4.42 Å². The first-order valence-corrected chi connectivity index (χ1v) is 6.47. The zero-order chi connectivity index (χ0) is 13.9. The number of hydrogen-bond donors (Lipinski definition) is 2. The highest BCUT2D eigenvalue weighted by Gasteiger charge is 2.11. The molecule has 5 nitrogen and oxygen atoms in total. The van der Waals surface area contributed by atoms with Crippen molar-refractivity contribution in [3.8, 4) is 0 Å². The molecule has 5 heteroatoms. The summed E-state index contributed by atoms with van der Waals surface area (Å²) in [6.45, 7) is 2.56. The number of carbonyl (C=O) groups excluding carboxylic acids is 1. The van der Waals surface area contributed by atoms with Crippen LogP contribution in [0.1, 0.15) is 21.6 Å². The molecule has 0 radical (unpaired) electrons. The van der Waals surface area contributed by atoms with Crippen LogP contribution < -0.4 is 5.32 Å². The molecule has 0 atom stereocenters. The number of benzene rings is 1. The van der Waals surface area contributed by atoms with Crippen LogP contribution in [0.15, 0.2) is 41.5 Å². The summed E-state index contributed by atoms with van der Waals surface area (Å²) in [5.74, 6) is -0.0800. The Kier molecular flexibility index (Phi) is 3.25. The highest BCUT2D eigenvalue weighted by molar-refractivity contribution is 6.06. The zero-order valence-corrected chi connectivity index (χ0v) is 11.1. The van der Waals surface area contributed by atoms with Crippen LogP contribution in [-0.2, 0) is 6.42 Å². The second-order valence-corrected chi connectivity index (χ2v) is 4.74. The maximum Gasteiger partial charge on any atom is 0.253 e. The van der Waals surface area contributed by atoms with Gasteiger partial charge in [0.15, 0.2) is 6.39 Å². The molecular weight excluding hydrogens is 254 g/mol. The Morgan fingerprint density at radius 3 is 3.15 bits per heavy atom. The Morgan fingerprint density at radius 1 is 1.45 bits per heavy atom. The van der Waals surface area contributed by atoms with Gasteiger partial charge in [0.05, 0.1) is 11.3 Å². The number of hydrogen-bond acceptors (Lipinski definition) is 3. The van der Waals surface area contributed by atoms with E-state index in [1.165, 1.54) is 6.39 Å². The minimum absolute atomic E-state index is 0.0800. The van der Waals surface area contributed by atoms with Crippen LogP contribution in [0.2, 0.25) is 0 Å². The number of nitrogens with one attached hydrogen (secondary N) is 2. The van der Waals surface area contributed by atoms with Crippen molar-refractivity contribution in [2.45, 2.75) is 13.3 Å². The number of aromatic nitrogens is 2. The van der Waals surface area contributed by atoms with Gasteiger partial charge < -0.3 is 14.7 Å². The molecule has 0 saturated carbocycles. The van der Waals surface area contributed by atoms with Crippen molar-refractivity contribution in [3.63, 3.8) is 0 Å². The van der Waals surface area contributed by atoms with Gasteiger partial charge in [0, 0.05) is 30.1 Å². The summed E-state index contributed by atoms with van der Waals surface area (Å²) < 4.78 is 4.88. The second-order valence-electron chi connectivity index (χ2n) is 4.74. The molecular formula is C15H15N3O2. The first-order valence-electron chi connectivity index (χ1n) is 6.47. The van der Waals surface area contributed by atoms with Crippen molar-refractivity contribution in [1.29, 1.82) is 0 Å². The van der Waals surface area contributed by atoms with Crippen molar-refractivity contribution >= 4 is 16.8 Å². The Labute approximate surface area is 116 Å². The van der Waals surface area contributed by atoms with Gasteiger partial charge in [-0.2, -0.15) is 0 Å². The molecule has 20 heavy (non-hydrogen) atoms. The summed E-state index contributed by atoms with van der Waals surface area (Å²) in [5, 5.41) is 3.83. The monoisotopic (exact) mass is 269 g/mol. The largest absolute Gasteiger partial charge is 0.451 e. The lowest BCUT2D eigenvalue weighted by Crippen LogP contribution is -2.25. The molecule has 2 N–H and O–H groups in total. The number of nitrogens with zero attached hydrogens (tertiary/aromatic N) is 1. The zero-order valence-electron chi connectivity index (χ0n) is 11.1. The van der Waals surface area contributed by atoms with Gasteiger partial charge in [-0.25, -0.2) is 4.98 Å². The van der Waals surface area contributed by atoms with Crippen LogP contribution in [0.5, 0.6) is 0 Å². The highest BCUT2D eigenvalue weighted by atomic mass is 16.3. The van der Waals surface area contributed by atoms with Crippen molar-refractivity contribution in [3.05, 3.63) is 53.9 Å². The topological polar surface area (TPSA) is 70.9 Å². The van der Waals surface area contributed by atoms with Crippen LogP contribution in [0.3, 0.4) is 0 Å². The van der Waals surface area contributed by atoms with Gasteiger partial charge in [-0.1, -0.05) is 12.1 Å². The van der Waals surface area contributed by atoms with E-state index in [9.17, 15) is 4.79 Å². The maximum atomic E-state index is 12.2. The number of rotatable bonds is 4. The van der Waals surface area contributed by atoms with Crippen molar-refractivity contribution in [2.75, 3.05) is 6.54 Å². The minimum Gasteiger partial charge on any atom is -0.451 e. The molecule has 0 aliphatic carbocycles. The van der Waals surface area contributed by atoms with Gasteiger partial charge >= 0.3 is 0 Å². The lowest BCUT2D eigenvalue weighted by molar-refractivity contribution is 0.0955. The molecule has 2 aromatic heterocycles. The molecule has 0 fully saturated rings. The van der Waals surface area contributed by atoms with E-state index < -0.39 is 0 Å². The van der Waals surface area contributed by atoms with Crippen molar-refractivity contribution in [2.24, 2.45) is 0 Å². The summed E-state index contributed by atoms with van der Waals surface area (Å²) in [7, 11) is 0. The molecule has 1 aromatic carbocycles. The SMILES string of the molecule is Cc1ccc2c(C(=O)NCCc3cocn3)c[nH]c2c1. The molecule has 2 heterocycles. The molecule has 0 unspecified atom stereocenters. The van der Waals surface area contributed by atoms with E-state index in [0.29, 0.717) is 18.5 Å². The standard InChI is InChI=1S/C15H15N3O2/c1-10-2-3-12-13(7-17-14(12)6-10)15(19)16-5-4-11-8-20-9-18-11/h2-3,6-9,17H,4-5H2,1H3,(H,16,19). The number of oxazole rings is 1. The van der Waals surface area contributed by atoms with E-state index in [-0.39, 0.29) is 5.91 Å². The second kappa shape index (κ2) is 5.21. The number of aromatic amines is 1. The van der Waals surface area contributed by atoms with Gasteiger partial charge in [0.1, 0.15) is 6.26 Å². The van der Waals surface area contributed by atoms with Gasteiger partial charge in [-0.15, -0.1) is 0 Å². The summed E-state index contributed by atoms with van der Waals surface area (Å²) in [6.07, 6.45) is 5.37. The number of fused-ring (bicyclic) bond motifs is 1. The van der Waals surface area contributed by atoms with Crippen LogP contribution >= 0.6 is 0 Å². The predicted molar refractivity (Wildman–Crippen MR) is 75.6 cm³/mol. The number of aryl methyl sites for hydroxylation is 1. The Morgan fingerprint density at radius 2 is 2.35 bits per heavy atom. The number of H-pyrrole nitrogens is 1. The summed E-state index contributed by atoms with van der Waals surface area (Å²) in [6, 6.07) is 6.00. The van der Waals surface area contributed by atoms with E-state index in [0.717, 1.165) is 22.2 Å². The third-order valence-corrected chi connectivity index (χ3v) is 3.23. The summed E-state index contributed by atoms with van der Waals surface area (Å²) in [4.78, 5) is 19.3. The van der Waals surface area contributed by atoms with Gasteiger partial charge in [-0.05, 0) is 18.6 Å². The molecule has 0 saturated heterocycles. The van der Waals surface area contributed by atoms with E-state index >= 15 is 0 Å². The third kappa shape index (κ3) is 2.42. The minimum atomic E-state index is -0.0800. The fraction of sp³-hybridized carbons (Fsp3) is 0.200. The van der Waals surface area contributed by atoms with Gasteiger partial charge in [0.25, 0.3) is 5.91 Å². The fourth-order valence-corrected chi connectivity index (χ4v) is 2.19. The van der Waals surface area contributed by atoms with Crippen molar-refractivity contribution < 1.29 is 9.21 Å². The Hall–Kier alpha value is -2.56. The molecule has 3 rings (SSSR count). The number of carbonyl (C=O) groups is 1. The molecule has 0 spiro atoms. The molecule has 3 aromatic rings. The van der Waals surface area contributed by atoms with E-state index in [2.05, 4.69) is 15.3 Å². The summed E-state index contributed by atoms with van der Waals surface area (Å²) in [5.41, 5.74) is 3.64. The molecule has 102 valence electrons. The van der Waals surface area contributed by atoms with Crippen LogP contribution in [-0.4, -0.2) is 22.4 Å².